The predicted molar refractivity (Wildman–Crippen MR) is 80.5 cm³/mol. The van der Waals surface area contributed by atoms with E-state index in [2.05, 4.69) is 18.7 Å². The normalized spacial score (nSPS) is 20.3. The van der Waals surface area contributed by atoms with Crippen LogP contribution in [-0.4, -0.2) is 56.4 Å². The quantitative estimate of drug-likeness (QED) is 0.851. The van der Waals surface area contributed by atoms with E-state index in [1.54, 1.807) is 4.90 Å². The highest BCUT2D eigenvalue weighted by Gasteiger charge is 2.26. The molecule has 6 heteroatoms. The van der Waals surface area contributed by atoms with Crippen molar-refractivity contribution in [3.8, 4) is 5.75 Å². The first-order valence-electron chi connectivity index (χ1n) is 7.77. The van der Waals surface area contributed by atoms with Crippen LogP contribution in [0.1, 0.15) is 13.8 Å². The lowest BCUT2D eigenvalue weighted by Gasteiger charge is -2.38. The van der Waals surface area contributed by atoms with Gasteiger partial charge in [0.1, 0.15) is 17.5 Å². The zero-order chi connectivity index (χ0) is 15.7. The van der Waals surface area contributed by atoms with Gasteiger partial charge < -0.3 is 14.4 Å². The van der Waals surface area contributed by atoms with Crippen molar-refractivity contribution in [2.24, 2.45) is 0 Å². The summed E-state index contributed by atoms with van der Waals surface area (Å²) in [6.07, 6.45) is -0.0979. The SMILES string of the molecule is CC(C)N1CCN(c2c(F)cc(OC3COC3)cc2F)CC1. The topological polar surface area (TPSA) is 24.9 Å². The lowest BCUT2D eigenvalue weighted by Crippen LogP contribution is -2.49. The molecule has 2 saturated heterocycles. The van der Waals surface area contributed by atoms with Gasteiger partial charge in [0, 0.05) is 44.4 Å². The zero-order valence-corrected chi connectivity index (χ0v) is 13.0. The summed E-state index contributed by atoms with van der Waals surface area (Å²) in [6.45, 7) is 8.10. The van der Waals surface area contributed by atoms with E-state index in [1.165, 1.54) is 12.1 Å². The van der Waals surface area contributed by atoms with Crippen LogP contribution < -0.4 is 9.64 Å². The molecule has 1 aromatic rings. The van der Waals surface area contributed by atoms with E-state index in [-0.39, 0.29) is 17.5 Å². The highest BCUT2D eigenvalue weighted by Crippen LogP contribution is 2.30. The fourth-order valence-electron chi connectivity index (χ4n) is 2.85. The summed E-state index contributed by atoms with van der Waals surface area (Å²) in [5.41, 5.74) is 0.0561. The predicted octanol–water partition coefficient (Wildman–Crippen LogP) is 2.27. The Morgan fingerprint density at radius 3 is 2.14 bits per heavy atom. The number of benzene rings is 1. The second kappa shape index (κ2) is 6.38. The Morgan fingerprint density at radius 1 is 1.09 bits per heavy atom. The van der Waals surface area contributed by atoms with E-state index in [9.17, 15) is 8.78 Å². The Bertz CT molecular complexity index is 504. The molecule has 0 aliphatic carbocycles. The van der Waals surface area contributed by atoms with Crippen LogP contribution in [0.5, 0.6) is 5.75 Å². The molecule has 0 aromatic heterocycles. The van der Waals surface area contributed by atoms with Crippen molar-refractivity contribution in [1.29, 1.82) is 0 Å². The molecule has 2 heterocycles. The standard InChI is InChI=1S/C16H22F2N2O2/c1-11(2)19-3-5-20(6-4-19)16-14(17)7-12(8-15(16)18)22-13-9-21-10-13/h7-8,11,13H,3-6,9-10H2,1-2H3. The van der Waals surface area contributed by atoms with Gasteiger partial charge in [0.05, 0.1) is 13.2 Å². The lowest BCUT2D eigenvalue weighted by atomic mass is 10.2. The third-order valence-corrected chi connectivity index (χ3v) is 4.26. The maximum absolute atomic E-state index is 14.3. The van der Waals surface area contributed by atoms with Gasteiger partial charge in [0.2, 0.25) is 0 Å². The molecule has 0 amide bonds. The van der Waals surface area contributed by atoms with Crippen LogP contribution in [0.4, 0.5) is 14.5 Å². The van der Waals surface area contributed by atoms with E-state index in [0.29, 0.717) is 32.3 Å². The Labute approximate surface area is 129 Å². The van der Waals surface area contributed by atoms with Gasteiger partial charge in [0.25, 0.3) is 0 Å². The van der Waals surface area contributed by atoms with Crippen molar-refractivity contribution in [3.63, 3.8) is 0 Å². The zero-order valence-electron chi connectivity index (χ0n) is 13.0. The first-order chi connectivity index (χ1) is 10.5. The van der Waals surface area contributed by atoms with Crippen LogP contribution in [-0.2, 0) is 4.74 Å². The Kier molecular flexibility index (Phi) is 4.49. The van der Waals surface area contributed by atoms with Crippen molar-refractivity contribution < 1.29 is 18.3 Å². The molecule has 22 heavy (non-hydrogen) atoms. The van der Waals surface area contributed by atoms with Crippen LogP contribution in [0.3, 0.4) is 0 Å². The van der Waals surface area contributed by atoms with E-state index < -0.39 is 11.6 Å². The van der Waals surface area contributed by atoms with E-state index in [1.807, 2.05) is 0 Å². The van der Waals surface area contributed by atoms with Gasteiger partial charge >= 0.3 is 0 Å². The molecule has 2 fully saturated rings. The van der Waals surface area contributed by atoms with Crippen LogP contribution in [0.25, 0.3) is 0 Å². The number of anilines is 1. The highest BCUT2D eigenvalue weighted by molar-refractivity contribution is 5.52. The summed E-state index contributed by atoms with van der Waals surface area (Å²) in [4.78, 5) is 4.08. The van der Waals surface area contributed by atoms with Gasteiger partial charge in [-0.15, -0.1) is 0 Å². The van der Waals surface area contributed by atoms with Crippen molar-refractivity contribution >= 4 is 5.69 Å². The highest BCUT2D eigenvalue weighted by atomic mass is 19.1. The van der Waals surface area contributed by atoms with Gasteiger partial charge in [-0.05, 0) is 13.8 Å². The Morgan fingerprint density at radius 2 is 1.68 bits per heavy atom. The summed E-state index contributed by atoms with van der Waals surface area (Å²) in [7, 11) is 0. The van der Waals surface area contributed by atoms with Crippen molar-refractivity contribution in [1.82, 2.24) is 4.90 Å². The van der Waals surface area contributed by atoms with E-state index in [0.717, 1.165) is 13.1 Å². The van der Waals surface area contributed by atoms with Gasteiger partial charge in [-0.1, -0.05) is 0 Å². The number of rotatable bonds is 4. The van der Waals surface area contributed by atoms with Gasteiger partial charge in [-0.3, -0.25) is 4.90 Å². The van der Waals surface area contributed by atoms with Crippen molar-refractivity contribution in [2.75, 3.05) is 44.3 Å². The molecule has 3 rings (SSSR count). The second-order valence-corrected chi connectivity index (χ2v) is 6.13. The number of ether oxygens (including phenoxy) is 2. The number of hydrogen-bond donors (Lipinski definition) is 0. The monoisotopic (exact) mass is 312 g/mol. The third-order valence-electron chi connectivity index (χ3n) is 4.26. The summed E-state index contributed by atoms with van der Waals surface area (Å²) >= 11 is 0. The lowest BCUT2D eigenvalue weighted by molar-refractivity contribution is -0.0798. The number of nitrogens with zero attached hydrogens (tertiary/aromatic N) is 2. The molecule has 2 aliphatic heterocycles. The number of hydrogen-bond acceptors (Lipinski definition) is 4. The summed E-state index contributed by atoms with van der Waals surface area (Å²) in [5.74, 6) is -0.894. The van der Waals surface area contributed by atoms with Crippen LogP contribution in [0, 0.1) is 11.6 Å². The molecule has 0 spiro atoms. The molecule has 2 aliphatic rings. The molecule has 122 valence electrons. The molecule has 0 bridgehead atoms. The smallest absolute Gasteiger partial charge is 0.153 e. The summed E-state index contributed by atoms with van der Waals surface area (Å²) in [5, 5.41) is 0. The van der Waals surface area contributed by atoms with Gasteiger partial charge in [-0.2, -0.15) is 0 Å². The first-order valence-corrected chi connectivity index (χ1v) is 7.77. The second-order valence-electron chi connectivity index (χ2n) is 6.13. The van der Waals surface area contributed by atoms with Gasteiger partial charge in [0.15, 0.2) is 11.6 Å². The van der Waals surface area contributed by atoms with Crippen LogP contribution in [0.15, 0.2) is 12.1 Å². The molecule has 0 N–H and O–H groups in total. The number of piperazine rings is 1. The maximum atomic E-state index is 14.3. The van der Waals surface area contributed by atoms with Crippen molar-refractivity contribution in [2.45, 2.75) is 26.0 Å². The minimum atomic E-state index is -0.562. The van der Waals surface area contributed by atoms with E-state index >= 15 is 0 Å². The molecule has 0 atom stereocenters. The summed E-state index contributed by atoms with van der Waals surface area (Å²) < 4.78 is 39.1. The largest absolute Gasteiger partial charge is 0.485 e. The average molecular weight is 312 g/mol. The minimum Gasteiger partial charge on any atom is -0.485 e. The molecule has 0 unspecified atom stereocenters. The molecular formula is C16H22F2N2O2. The molecule has 1 aromatic carbocycles. The molecule has 0 saturated carbocycles. The van der Waals surface area contributed by atoms with E-state index in [4.69, 9.17) is 9.47 Å². The fourth-order valence-corrected chi connectivity index (χ4v) is 2.85. The maximum Gasteiger partial charge on any atom is 0.153 e. The fraction of sp³-hybridized carbons (Fsp3) is 0.625. The Balaban J connectivity index is 1.71. The summed E-state index contributed by atoms with van der Waals surface area (Å²) in [6, 6.07) is 2.99. The van der Waals surface area contributed by atoms with Crippen molar-refractivity contribution in [3.05, 3.63) is 23.8 Å². The Hall–Kier alpha value is -1.40. The molecular weight excluding hydrogens is 290 g/mol. The first kappa shape index (κ1) is 15.5. The third kappa shape index (κ3) is 3.17. The molecule has 0 radical (unpaired) electrons. The van der Waals surface area contributed by atoms with Crippen LogP contribution in [0.2, 0.25) is 0 Å². The van der Waals surface area contributed by atoms with Crippen LogP contribution >= 0.6 is 0 Å². The molecule has 4 nitrogen and oxygen atoms in total. The average Bonchev–Trinajstić information content (AvgIpc) is 2.43. The van der Waals surface area contributed by atoms with Gasteiger partial charge in [-0.25, -0.2) is 8.78 Å². The minimum absolute atomic E-state index is 0.0561. The number of halogens is 2.